The van der Waals surface area contributed by atoms with Crippen LogP contribution in [0.3, 0.4) is 0 Å². The predicted molar refractivity (Wildman–Crippen MR) is 88.0 cm³/mol. The van der Waals surface area contributed by atoms with Gasteiger partial charge in [0, 0.05) is 6.92 Å². The van der Waals surface area contributed by atoms with Gasteiger partial charge < -0.3 is 5.32 Å². The van der Waals surface area contributed by atoms with Gasteiger partial charge in [0.1, 0.15) is 5.82 Å². The third kappa shape index (κ3) is 4.34. The summed E-state index contributed by atoms with van der Waals surface area (Å²) in [5, 5.41) is 2.43. The van der Waals surface area contributed by atoms with Crippen LogP contribution < -0.4 is 10.0 Å². The van der Waals surface area contributed by atoms with Gasteiger partial charge in [-0.2, -0.15) is 0 Å². The highest BCUT2D eigenvalue weighted by molar-refractivity contribution is 7.92. The molecular weight excluding hydrogens is 366 g/mol. The van der Waals surface area contributed by atoms with Crippen molar-refractivity contribution in [1.29, 1.82) is 0 Å². The minimum atomic E-state index is -3.97. The fraction of sp³-hybridized carbons (Fsp3) is 0.0714. The summed E-state index contributed by atoms with van der Waals surface area (Å²) >= 11 is 11.5. The van der Waals surface area contributed by atoms with E-state index in [1.807, 2.05) is 0 Å². The molecule has 122 valence electrons. The average molecular weight is 377 g/mol. The lowest BCUT2D eigenvalue weighted by atomic mass is 10.3. The molecule has 0 aliphatic heterocycles. The Morgan fingerprint density at radius 1 is 1.09 bits per heavy atom. The van der Waals surface area contributed by atoms with E-state index >= 15 is 0 Å². The van der Waals surface area contributed by atoms with Gasteiger partial charge in [-0.05, 0) is 36.4 Å². The number of carbonyl (C=O) groups excluding carboxylic acids is 1. The summed E-state index contributed by atoms with van der Waals surface area (Å²) in [5.41, 5.74) is 0.440. The van der Waals surface area contributed by atoms with Crippen molar-refractivity contribution in [3.05, 3.63) is 52.3 Å². The van der Waals surface area contributed by atoms with E-state index in [0.29, 0.717) is 0 Å². The fourth-order valence-electron chi connectivity index (χ4n) is 1.73. The third-order valence-corrected chi connectivity index (χ3v) is 4.73. The summed E-state index contributed by atoms with van der Waals surface area (Å²) in [5.74, 6) is -1.07. The van der Waals surface area contributed by atoms with E-state index in [1.54, 1.807) is 0 Å². The average Bonchev–Trinajstić information content (AvgIpc) is 2.44. The molecule has 2 N–H and O–H groups in total. The lowest BCUT2D eigenvalue weighted by Gasteiger charge is -2.11. The van der Waals surface area contributed by atoms with E-state index in [4.69, 9.17) is 23.2 Å². The molecule has 0 aromatic heterocycles. The number of hydrogen-bond donors (Lipinski definition) is 2. The molecule has 2 aromatic rings. The van der Waals surface area contributed by atoms with E-state index in [1.165, 1.54) is 25.1 Å². The van der Waals surface area contributed by atoms with Crippen molar-refractivity contribution >= 4 is 50.5 Å². The Hall–Kier alpha value is -1.83. The fourth-order valence-corrected chi connectivity index (χ4v) is 3.22. The molecular formula is C14H11Cl2FN2O3S. The van der Waals surface area contributed by atoms with Crippen LogP contribution in [0.2, 0.25) is 10.0 Å². The number of rotatable bonds is 4. The van der Waals surface area contributed by atoms with Gasteiger partial charge in [0.05, 0.1) is 26.3 Å². The number of halogens is 3. The summed E-state index contributed by atoms with van der Waals surface area (Å²) in [7, 11) is -3.97. The second-order valence-corrected chi connectivity index (χ2v) is 7.05. The second kappa shape index (κ2) is 6.74. The summed E-state index contributed by atoms with van der Waals surface area (Å²) in [6.45, 7) is 1.30. The van der Waals surface area contributed by atoms with Gasteiger partial charge in [0.25, 0.3) is 10.0 Å². The van der Waals surface area contributed by atoms with E-state index in [-0.39, 0.29) is 32.2 Å². The van der Waals surface area contributed by atoms with Gasteiger partial charge in [-0.25, -0.2) is 12.8 Å². The van der Waals surface area contributed by atoms with Crippen LogP contribution >= 0.6 is 23.2 Å². The van der Waals surface area contributed by atoms with Crippen molar-refractivity contribution in [2.45, 2.75) is 11.8 Å². The molecule has 0 spiro atoms. The first-order valence-electron chi connectivity index (χ1n) is 6.24. The Morgan fingerprint density at radius 2 is 1.78 bits per heavy atom. The molecule has 0 atom stereocenters. The number of sulfonamides is 1. The molecule has 0 bridgehead atoms. The number of carbonyl (C=O) groups is 1. The Kier molecular flexibility index (Phi) is 5.13. The van der Waals surface area contributed by atoms with Gasteiger partial charge >= 0.3 is 0 Å². The van der Waals surface area contributed by atoms with Crippen LogP contribution in [0.1, 0.15) is 6.92 Å². The first-order valence-corrected chi connectivity index (χ1v) is 8.48. The molecule has 1 amide bonds. The molecule has 2 aromatic carbocycles. The largest absolute Gasteiger partial charge is 0.325 e. The standard InChI is InChI=1S/C14H11Cl2FN2O3S/c1-8(20)18-14-6-9(2-4-11(14)15)19-23(21,22)10-3-5-13(17)12(16)7-10/h2-7,19H,1H3,(H,18,20). The molecule has 5 nitrogen and oxygen atoms in total. The third-order valence-electron chi connectivity index (χ3n) is 2.73. The van der Waals surface area contributed by atoms with Crippen molar-refractivity contribution in [2.75, 3.05) is 10.0 Å². The quantitative estimate of drug-likeness (QED) is 0.849. The lowest BCUT2D eigenvalue weighted by Crippen LogP contribution is -2.14. The van der Waals surface area contributed by atoms with Crippen LogP contribution in [-0.2, 0) is 14.8 Å². The molecule has 0 heterocycles. The molecule has 0 aliphatic carbocycles. The monoisotopic (exact) mass is 376 g/mol. The minimum absolute atomic E-state index is 0.179. The summed E-state index contributed by atoms with van der Waals surface area (Å²) in [6, 6.07) is 7.28. The second-order valence-electron chi connectivity index (χ2n) is 4.56. The van der Waals surface area contributed by atoms with E-state index in [9.17, 15) is 17.6 Å². The molecule has 0 unspecified atom stereocenters. The zero-order valence-corrected chi connectivity index (χ0v) is 14.1. The van der Waals surface area contributed by atoms with E-state index < -0.39 is 15.8 Å². The maximum atomic E-state index is 13.1. The molecule has 0 fully saturated rings. The summed E-state index contributed by atoms with van der Waals surface area (Å²) in [6.07, 6.45) is 0. The normalized spacial score (nSPS) is 11.1. The minimum Gasteiger partial charge on any atom is -0.325 e. The highest BCUT2D eigenvalue weighted by Crippen LogP contribution is 2.27. The zero-order chi connectivity index (χ0) is 17.2. The van der Waals surface area contributed by atoms with Crippen LogP contribution in [0.25, 0.3) is 0 Å². The first-order chi connectivity index (χ1) is 10.7. The van der Waals surface area contributed by atoms with Crippen molar-refractivity contribution in [3.8, 4) is 0 Å². The summed E-state index contributed by atoms with van der Waals surface area (Å²) < 4.78 is 40.0. The Morgan fingerprint density at radius 3 is 2.39 bits per heavy atom. The van der Waals surface area contributed by atoms with Crippen LogP contribution in [0.15, 0.2) is 41.3 Å². The van der Waals surface area contributed by atoms with E-state index in [0.717, 1.165) is 18.2 Å². The van der Waals surface area contributed by atoms with Crippen molar-refractivity contribution in [1.82, 2.24) is 0 Å². The lowest BCUT2D eigenvalue weighted by molar-refractivity contribution is -0.114. The van der Waals surface area contributed by atoms with Crippen LogP contribution in [0.4, 0.5) is 15.8 Å². The van der Waals surface area contributed by atoms with Crippen molar-refractivity contribution in [3.63, 3.8) is 0 Å². The maximum Gasteiger partial charge on any atom is 0.261 e. The van der Waals surface area contributed by atoms with Gasteiger partial charge in [-0.1, -0.05) is 23.2 Å². The van der Waals surface area contributed by atoms with E-state index in [2.05, 4.69) is 10.0 Å². The van der Waals surface area contributed by atoms with Crippen LogP contribution in [0, 0.1) is 5.82 Å². The van der Waals surface area contributed by atoms with Gasteiger partial charge in [-0.3, -0.25) is 9.52 Å². The smallest absolute Gasteiger partial charge is 0.261 e. The number of nitrogens with one attached hydrogen (secondary N) is 2. The van der Waals surface area contributed by atoms with Crippen molar-refractivity contribution < 1.29 is 17.6 Å². The number of amides is 1. The highest BCUT2D eigenvalue weighted by atomic mass is 35.5. The number of anilines is 2. The molecule has 0 aliphatic rings. The van der Waals surface area contributed by atoms with Gasteiger partial charge in [-0.15, -0.1) is 0 Å². The van der Waals surface area contributed by atoms with Gasteiger partial charge in [0.2, 0.25) is 5.91 Å². The molecule has 0 radical (unpaired) electrons. The Bertz CT molecular complexity index is 872. The highest BCUT2D eigenvalue weighted by Gasteiger charge is 2.17. The maximum absolute atomic E-state index is 13.1. The van der Waals surface area contributed by atoms with Crippen LogP contribution in [0.5, 0.6) is 0 Å². The Balaban J connectivity index is 2.33. The van der Waals surface area contributed by atoms with Gasteiger partial charge in [0.15, 0.2) is 0 Å². The summed E-state index contributed by atoms with van der Waals surface area (Å²) in [4.78, 5) is 10.9. The van der Waals surface area contributed by atoms with Crippen LogP contribution in [-0.4, -0.2) is 14.3 Å². The molecule has 0 saturated heterocycles. The molecule has 9 heteroatoms. The number of benzene rings is 2. The molecule has 0 saturated carbocycles. The SMILES string of the molecule is CC(=O)Nc1cc(NS(=O)(=O)c2ccc(F)c(Cl)c2)ccc1Cl. The first kappa shape index (κ1) is 17.5. The zero-order valence-electron chi connectivity index (χ0n) is 11.7. The topological polar surface area (TPSA) is 75.3 Å². The predicted octanol–water partition coefficient (Wildman–Crippen LogP) is 3.89. The molecule has 2 rings (SSSR count). The van der Waals surface area contributed by atoms with Crippen molar-refractivity contribution in [2.24, 2.45) is 0 Å². The Labute approximate surface area is 142 Å². The molecule has 23 heavy (non-hydrogen) atoms. The number of hydrogen-bond acceptors (Lipinski definition) is 3.